The average Bonchev–Trinajstić information content (AvgIpc) is 3.12. The van der Waals surface area contributed by atoms with E-state index in [0.29, 0.717) is 42.8 Å². The van der Waals surface area contributed by atoms with Gasteiger partial charge in [-0.3, -0.25) is 14.5 Å². The fourth-order valence-electron chi connectivity index (χ4n) is 3.20. The van der Waals surface area contributed by atoms with Crippen LogP contribution in [0, 0.1) is 5.82 Å². The fourth-order valence-corrected chi connectivity index (χ4v) is 3.61. The predicted molar refractivity (Wildman–Crippen MR) is 92.3 cm³/mol. The van der Waals surface area contributed by atoms with Crippen LogP contribution in [-0.4, -0.2) is 72.3 Å². The number of amides is 2. The molecular formula is C17H21BrFN3O2. The number of benzene rings is 1. The number of likely N-dealkylation sites (tertiary alicyclic amines) is 1. The van der Waals surface area contributed by atoms with Gasteiger partial charge >= 0.3 is 0 Å². The molecule has 0 saturated carbocycles. The standard InChI is InChI=1S/C17H21BrFN3O2/c18-15-4-3-13(19)11-14(15)17(24)22-9-7-20(8-10-22)12-16(23)21-5-1-2-6-21/h3-4,11H,1-2,5-10,12H2. The van der Waals surface area contributed by atoms with Gasteiger partial charge in [0.2, 0.25) is 5.91 Å². The molecule has 0 N–H and O–H groups in total. The van der Waals surface area contributed by atoms with Crippen LogP contribution in [-0.2, 0) is 4.79 Å². The number of hydrogen-bond donors (Lipinski definition) is 0. The minimum atomic E-state index is -0.420. The van der Waals surface area contributed by atoms with E-state index in [-0.39, 0.29) is 11.8 Å². The van der Waals surface area contributed by atoms with Gasteiger partial charge in [-0.25, -0.2) is 4.39 Å². The van der Waals surface area contributed by atoms with Crippen molar-refractivity contribution in [1.82, 2.24) is 14.7 Å². The zero-order valence-electron chi connectivity index (χ0n) is 13.5. The second-order valence-electron chi connectivity index (χ2n) is 6.28. The maximum absolute atomic E-state index is 13.4. The monoisotopic (exact) mass is 397 g/mol. The minimum absolute atomic E-state index is 0.174. The molecule has 2 heterocycles. The third-order valence-corrected chi connectivity index (χ3v) is 5.33. The van der Waals surface area contributed by atoms with Crippen molar-refractivity contribution >= 4 is 27.7 Å². The normalized spacial score (nSPS) is 18.9. The third kappa shape index (κ3) is 3.95. The van der Waals surface area contributed by atoms with Crippen molar-refractivity contribution in [2.75, 3.05) is 45.8 Å². The van der Waals surface area contributed by atoms with Gasteiger partial charge < -0.3 is 9.80 Å². The van der Waals surface area contributed by atoms with Crippen molar-refractivity contribution in [3.05, 3.63) is 34.1 Å². The molecule has 2 saturated heterocycles. The maximum Gasteiger partial charge on any atom is 0.255 e. The van der Waals surface area contributed by atoms with E-state index >= 15 is 0 Å². The van der Waals surface area contributed by atoms with Gasteiger partial charge in [-0.2, -0.15) is 0 Å². The highest BCUT2D eigenvalue weighted by Crippen LogP contribution is 2.20. The molecular weight excluding hydrogens is 377 g/mol. The van der Waals surface area contributed by atoms with E-state index in [9.17, 15) is 14.0 Å². The number of halogens is 2. The van der Waals surface area contributed by atoms with E-state index in [1.165, 1.54) is 12.1 Å². The van der Waals surface area contributed by atoms with Crippen LogP contribution in [0.5, 0.6) is 0 Å². The Labute approximate surface area is 149 Å². The third-order valence-electron chi connectivity index (χ3n) is 4.64. The van der Waals surface area contributed by atoms with Crippen molar-refractivity contribution in [1.29, 1.82) is 0 Å². The molecule has 0 spiro atoms. The smallest absolute Gasteiger partial charge is 0.255 e. The number of nitrogens with zero attached hydrogens (tertiary/aromatic N) is 3. The zero-order valence-corrected chi connectivity index (χ0v) is 15.1. The van der Waals surface area contributed by atoms with E-state index in [1.807, 2.05) is 4.90 Å². The highest BCUT2D eigenvalue weighted by molar-refractivity contribution is 9.10. The molecule has 1 aromatic rings. The quantitative estimate of drug-likeness (QED) is 0.782. The molecule has 2 aliphatic heterocycles. The molecule has 2 amide bonds. The van der Waals surface area contributed by atoms with E-state index in [0.717, 1.165) is 25.9 Å². The van der Waals surface area contributed by atoms with Crippen molar-refractivity contribution in [2.24, 2.45) is 0 Å². The SMILES string of the molecule is O=C(CN1CCN(C(=O)c2cc(F)ccc2Br)CC1)N1CCCC1. The molecule has 2 fully saturated rings. The van der Waals surface area contributed by atoms with Gasteiger partial charge in [0.1, 0.15) is 5.82 Å². The van der Waals surface area contributed by atoms with Crippen LogP contribution >= 0.6 is 15.9 Å². The van der Waals surface area contributed by atoms with Gasteiger partial charge in [-0.15, -0.1) is 0 Å². The van der Waals surface area contributed by atoms with Crippen LogP contribution in [0.1, 0.15) is 23.2 Å². The van der Waals surface area contributed by atoms with Crippen molar-refractivity contribution in [3.63, 3.8) is 0 Å². The molecule has 5 nitrogen and oxygen atoms in total. The van der Waals surface area contributed by atoms with E-state index in [4.69, 9.17) is 0 Å². The lowest BCUT2D eigenvalue weighted by molar-refractivity contribution is -0.131. The first-order valence-electron chi connectivity index (χ1n) is 8.29. The zero-order chi connectivity index (χ0) is 17.1. The Kier molecular flexibility index (Phi) is 5.50. The molecule has 24 heavy (non-hydrogen) atoms. The van der Waals surface area contributed by atoms with Crippen LogP contribution in [0.25, 0.3) is 0 Å². The summed E-state index contributed by atoms with van der Waals surface area (Å²) in [5.74, 6) is -0.413. The van der Waals surface area contributed by atoms with E-state index in [2.05, 4.69) is 20.8 Å². The van der Waals surface area contributed by atoms with Gasteiger partial charge in [0.15, 0.2) is 0 Å². The summed E-state index contributed by atoms with van der Waals surface area (Å²) in [6.07, 6.45) is 2.19. The van der Waals surface area contributed by atoms with E-state index in [1.54, 1.807) is 11.0 Å². The van der Waals surface area contributed by atoms with Crippen LogP contribution in [0.2, 0.25) is 0 Å². The Bertz CT molecular complexity index is 626. The number of carbonyl (C=O) groups excluding carboxylic acids is 2. The number of hydrogen-bond acceptors (Lipinski definition) is 3. The second kappa shape index (κ2) is 7.61. The molecule has 0 bridgehead atoms. The summed E-state index contributed by atoms with van der Waals surface area (Å²) in [7, 11) is 0. The fraction of sp³-hybridized carbons (Fsp3) is 0.529. The highest BCUT2D eigenvalue weighted by Gasteiger charge is 2.26. The number of carbonyl (C=O) groups is 2. The lowest BCUT2D eigenvalue weighted by Crippen LogP contribution is -2.51. The van der Waals surface area contributed by atoms with Crippen molar-refractivity contribution in [3.8, 4) is 0 Å². The lowest BCUT2D eigenvalue weighted by atomic mass is 10.1. The molecule has 7 heteroatoms. The highest BCUT2D eigenvalue weighted by atomic mass is 79.9. The van der Waals surface area contributed by atoms with Crippen LogP contribution in [0.3, 0.4) is 0 Å². The second-order valence-corrected chi connectivity index (χ2v) is 7.13. The summed E-state index contributed by atoms with van der Waals surface area (Å²) >= 11 is 3.31. The number of piperazine rings is 1. The van der Waals surface area contributed by atoms with Crippen LogP contribution in [0.4, 0.5) is 4.39 Å². The first-order valence-corrected chi connectivity index (χ1v) is 9.08. The van der Waals surface area contributed by atoms with Crippen molar-refractivity contribution in [2.45, 2.75) is 12.8 Å². The molecule has 0 radical (unpaired) electrons. The summed E-state index contributed by atoms with van der Waals surface area (Å²) in [4.78, 5) is 30.5. The molecule has 0 aliphatic carbocycles. The Morgan fingerprint density at radius 2 is 1.67 bits per heavy atom. The van der Waals surface area contributed by atoms with Gasteiger partial charge in [-0.1, -0.05) is 0 Å². The molecule has 0 unspecified atom stereocenters. The Hall–Kier alpha value is -1.47. The summed E-state index contributed by atoms with van der Waals surface area (Å²) in [6.45, 7) is 4.59. The van der Waals surface area contributed by atoms with Gasteiger partial charge in [0.05, 0.1) is 12.1 Å². The average molecular weight is 398 g/mol. The lowest BCUT2D eigenvalue weighted by Gasteiger charge is -2.35. The molecule has 0 atom stereocenters. The Morgan fingerprint density at radius 3 is 2.33 bits per heavy atom. The Balaban J connectivity index is 1.53. The molecule has 130 valence electrons. The van der Waals surface area contributed by atoms with Crippen molar-refractivity contribution < 1.29 is 14.0 Å². The Morgan fingerprint density at radius 1 is 1.00 bits per heavy atom. The van der Waals surface area contributed by atoms with Gasteiger partial charge in [0.25, 0.3) is 5.91 Å². The predicted octanol–water partition coefficient (Wildman–Crippen LogP) is 1.97. The largest absolute Gasteiger partial charge is 0.342 e. The minimum Gasteiger partial charge on any atom is -0.342 e. The summed E-state index contributed by atoms with van der Waals surface area (Å²) < 4.78 is 14.0. The van der Waals surface area contributed by atoms with Crippen LogP contribution in [0.15, 0.2) is 22.7 Å². The van der Waals surface area contributed by atoms with Gasteiger partial charge in [0, 0.05) is 43.7 Å². The summed E-state index contributed by atoms with van der Waals surface area (Å²) in [6, 6.07) is 4.13. The molecule has 3 rings (SSSR count). The first-order chi connectivity index (χ1) is 11.5. The topological polar surface area (TPSA) is 43.9 Å². The van der Waals surface area contributed by atoms with E-state index < -0.39 is 5.82 Å². The molecule has 0 aromatic heterocycles. The number of rotatable bonds is 3. The molecule has 1 aromatic carbocycles. The summed E-state index contributed by atoms with van der Waals surface area (Å²) in [5, 5.41) is 0. The maximum atomic E-state index is 13.4. The van der Waals surface area contributed by atoms with Gasteiger partial charge in [-0.05, 0) is 47.0 Å². The molecule has 2 aliphatic rings. The summed E-state index contributed by atoms with van der Waals surface area (Å²) in [5.41, 5.74) is 0.344. The first kappa shape index (κ1) is 17.4. The van der Waals surface area contributed by atoms with Crippen LogP contribution < -0.4 is 0 Å².